The molecule has 1 saturated heterocycles. The van der Waals surface area contributed by atoms with E-state index in [2.05, 4.69) is 10.1 Å². The number of amides is 1. The highest BCUT2D eigenvalue weighted by molar-refractivity contribution is 5.79. The van der Waals surface area contributed by atoms with Gasteiger partial charge in [-0.1, -0.05) is 17.3 Å². The number of rotatable bonds is 3. The Balaban J connectivity index is 1.75. The van der Waals surface area contributed by atoms with Gasteiger partial charge in [0.15, 0.2) is 5.82 Å². The second-order valence-electron chi connectivity index (χ2n) is 5.19. The summed E-state index contributed by atoms with van der Waals surface area (Å²) in [6, 6.07) is 6.00. The molecule has 0 bridgehead atoms. The molecule has 1 unspecified atom stereocenters. The smallest absolute Gasteiger partial charge is 0.227 e. The molecule has 0 N–H and O–H groups in total. The fraction of sp³-hybridized carbons (Fsp3) is 0.400. The van der Waals surface area contributed by atoms with Crippen molar-refractivity contribution in [3.63, 3.8) is 0 Å². The third-order valence-corrected chi connectivity index (χ3v) is 3.74. The van der Waals surface area contributed by atoms with Crippen LogP contribution in [0, 0.1) is 5.82 Å². The van der Waals surface area contributed by atoms with Crippen LogP contribution < -0.4 is 0 Å². The van der Waals surface area contributed by atoms with E-state index in [0.29, 0.717) is 17.9 Å². The molecule has 1 fully saturated rings. The SMILES string of the molecule is O=C(Cc1cccc(F)c1)N1CCCCC1c1ncon1. The highest BCUT2D eigenvalue weighted by atomic mass is 19.1. The quantitative estimate of drug-likeness (QED) is 0.871. The number of hydrogen-bond acceptors (Lipinski definition) is 4. The molecule has 1 aromatic carbocycles. The molecule has 3 rings (SSSR count). The Bertz CT molecular complexity index is 615. The van der Waals surface area contributed by atoms with Crippen molar-refractivity contribution < 1.29 is 13.7 Å². The largest absolute Gasteiger partial charge is 0.343 e. The fourth-order valence-corrected chi connectivity index (χ4v) is 2.75. The van der Waals surface area contributed by atoms with Gasteiger partial charge in [-0.05, 0) is 37.0 Å². The van der Waals surface area contributed by atoms with E-state index in [1.54, 1.807) is 17.0 Å². The maximum Gasteiger partial charge on any atom is 0.227 e. The number of piperidine rings is 1. The highest BCUT2D eigenvalue weighted by Gasteiger charge is 2.30. The Morgan fingerprint density at radius 1 is 1.43 bits per heavy atom. The second kappa shape index (κ2) is 6.03. The van der Waals surface area contributed by atoms with E-state index in [9.17, 15) is 9.18 Å². The maximum atomic E-state index is 13.2. The third-order valence-electron chi connectivity index (χ3n) is 3.74. The molecule has 0 spiro atoms. The summed E-state index contributed by atoms with van der Waals surface area (Å²) < 4.78 is 18.0. The standard InChI is InChI=1S/C15H16FN3O2/c16-12-5-3-4-11(8-12)9-14(20)19-7-2-1-6-13(19)15-17-10-21-18-15/h3-5,8,10,13H,1-2,6-7,9H2. The molecule has 1 aliphatic rings. The molecular formula is C15H16FN3O2. The van der Waals surface area contributed by atoms with Crippen LogP contribution in [0.25, 0.3) is 0 Å². The molecule has 0 radical (unpaired) electrons. The monoisotopic (exact) mass is 289 g/mol. The fourth-order valence-electron chi connectivity index (χ4n) is 2.75. The normalized spacial score (nSPS) is 18.7. The zero-order valence-corrected chi connectivity index (χ0v) is 11.5. The number of likely N-dealkylation sites (tertiary alicyclic amines) is 1. The molecule has 1 aromatic heterocycles. The molecule has 5 nitrogen and oxygen atoms in total. The van der Waals surface area contributed by atoms with Gasteiger partial charge < -0.3 is 9.42 Å². The lowest BCUT2D eigenvalue weighted by Crippen LogP contribution is -2.39. The Labute approximate surface area is 121 Å². The predicted molar refractivity (Wildman–Crippen MR) is 72.7 cm³/mol. The molecule has 2 heterocycles. The van der Waals surface area contributed by atoms with Crippen molar-refractivity contribution >= 4 is 5.91 Å². The minimum atomic E-state index is -0.325. The summed E-state index contributed by atoms with van der Waals surface area (Å²) in [6.45, 7) is 0.674. The topological polar surface area (TPSA) is 59.2 Å². The molecule has 0 saturated carbocycles. The van der Waals surface area contributed by atoms with Crippen LogP contribution in [-0.4, -0.2) is 27.5 Å². The van der Waals surface area contributed by atoms with Crippen LogP contribution in [0.4, 0.5) is 4.39 Å². The van der Waals surface area contributed by atoms with Crippen molar-refractivity contribution in [1.29, 1.82) is 0 Å². The minimum absolute atomic E-state index is 0.0323. The van der Waals surface area contributed by atoms with E-state index in [1.807, 2.05) is 0 Å². The Hall–Kier alpha value is -2.24. The maximum absolute atomic E-state index is 13.2. The zero-order valence-electron chi connectivity index (χ0n) is 11.5. The first-order chi connectivity index (χ1) is 10.2. The van der Waals surface area contributed by atoms with Gasteiger partial charge in [-0.25, -0.2) is 4.39 Å². The number of carbonyl (C=O) groups excluding carboxylic acids is 1. The van der Waals surface area contributed by atoms with Gasteiger partial charge in [-0.2, -0.15) is 4.98 Å². The zero-order chi connectivity index (χ0) is 14.7. The van der Waals surface area contributed by atoms with Crippen molar-refractivity contribution in [2.24, 2.45) is 0 Å². The lowest BCUT2D eigenvalue weighted by Gasteiger charge is -2.33. The lowest BCUT2D eigenvalue weighted by molar-refractivity contribution is -0.134. The van der Waals surface area contributed by atoms with Gasteiger partial charge in [0.05, 0.1) is 12.5 Å². The summed E-state index contributed by atoms with van der Waals surface area (Å²) in [4.78, 5) is 18.3. The van der Waals surface area contributed by atoms with Gasteiger partial charge in [0.25, 0.3) is 0 Å². The van der Waals surface area contributed by atoms with Crippen LogP contribution >= 0.6 is 0 Å². The first-order valence-electron chi connectivity index (χ1n) is 7.04. The number of aromatic nitrogens is 2. The predicted octanol–water partition coefficient (Wildman–Crippen LogP) is 2.51. The first kappa shape index (κ1) is 13.7. The average Bonchev–Trinajstić information content (AvgIpc) is 3.01. The second-order valence-corrected chi connectivity index (χ2v) is 5.19. The molecule has 0 aliphatic carbocycles. The number of carbonyl (C=O) groups is 1. The molecule has 6 heteroatoms. The Morgan fingerprint density at radius 2 is 2.33 bits per heavy atom. The van der Waals surface area contributed by atoms with Crippen molar-refractivity contribution in [2.75, 3.05) is 6.54 Å². The summed E-state index contributed by atoms with van der Waals surface area (Å²) >= 11 is 0. The van der Waals surface area contributed by atoms with Crippen LogP contribution in [-0.2, 0) is 11.2 Å². The van der Waals surface area contributed by atoms with E-state index < -0.39 is 0 Å². The minimum Gasteiger partial charge on any atom is -0.343 e. The molecule has 1 atom stereocenters. The van der Waals surface area contributed by atoms with Gasteiger partial charge in [-0.15, -0.1) is 0 Å². The van der Waals surface area contributed by atoms with E-state index in [4.69, 9.17) is 4.52 Å². The van der Waals surface area contributed by atoms with E-state index in [1.165, 1.54) is 18.5 Å². The molecule has 2 aromatic rings. The molecule has 110 valence electrons. The first-order valence-corrected chi connectivity index (χ1v) is 7.04. The molecule has 21 heavy (non-hydrogen) atoms. The van der Waals surface area contributed by atoms with Gasteiger partial charge >= 0.3 is 0 Å². The lowest BCUT2D eigenvalue weighted by atomic mass is 10.00. The third kappa shape index (κ3) is 3.09. The van der Waals surface area contributed by atoms with Crippen LogP contribution in [0.1, 0.15) is 36.7 Å². The van der Waals surface area contributed by atoms with Crippen LogP contribution in [0.2, 0.25) is 0 Å². The van der Waals surface area contributed by atoms with Crippen LogP contribution in [0.5, 0.6) is 0 Å². The molecule has 1 amide bonds. The summed E-state index contributed by atoms with van der Waals surface area (Å²) in [7, 11) is 0. The average molecular weight is 289 g/mol. The van der Waals surface area contributed by atoms with Crippen molar-refractivity contribution in [1.82, 2.24) is 15.0 Å². The van der Waals surface area contributed by atoms with Gasteiger partial charge in [0.1, 0.15) is 5.82 Å². The summed E-state index contributed by atoms with van der Waals surface area (Å²) in [5.41, 5.74) is 0.678. The number of benzene rings is 1. The number of hydrogen-bond donors (Lipinski definition) is 0. The highest BCUT2D eigenvalue weighted by Crippen LogP contribution is 2.29. The van der Waals surface area contributed by atoms with E-state index in [-0.39, 0.29) is 24.2 Å². The summed E-state index contributed by atoms with van der Waals surface area (Å²) in [5, 5.41) is 3.85. The van der Waals surface area contributed by atoms with Gasteiger partial charge in [0.2, 0.25) is 12.3 Å². The van der Waals surface area contributed by atoms with Crippen LogP contribution in [0.15, 0.2) is 35.2 Å². The summed E-state index contributed by atoms with van der Waals surface area (Å²) in [6.07, 6.45) is 4.28. The van der Waals surface area contributed by atoms with Crippen molar-refractivity contribution in [3.8, 4) is 0 Å². The van der Waals surface area contributed by atoms with E-state index in [0.717, 1.165) is 19.3 Å². The Kier molecular flexibility index (Phi) is 3.94. The number of nitrogens with zero attached hydrogens (tertiary/aromatic N) is 3. The van der Waals surface area contributed by atoms with Crippen molar-refractivity contribution in [3.05, 3.63) is 47.9 Å². The van der Waals surface area contributed by atoms with Crippen LogP contribution in [0.3, 0.4) is 0 Å². The molecular weight excluding hydrogens is 273 g/mol. The Morgan fingerprint density at radius 3 is 3.10 bits per heavy atom. The number of halogens is 1. The summed E-state index contributed by atoms with van der Waals surface area (Å²) in [5.74, 6) is 0.186. The van der Waals surface area contributed by atoms with Gasteiger partial charge in [0, 0.05) is 6.54 Å². The van der Waals surface area contributed by atoms with E-state index >= 15 is 0 Å². The van der Waals surface area contributed by atoms with Crippen molar-refractivity contribution in [2.45, 2.75) is 31.7 Å². The molecule has 1 aliphatic heterocycles. The van der Waals surface area contributed by atoms with Gasteiger partial charge in [-0.3, -0.25) is 4.79 Å².